The van der Waals surface area contributed by atoms with Crippen LogP contribution >= 0.6 is 0 Å². The first kappa shape index (κ1) is 18.5. The minimum atomic E-state index is -0.881. The fourth-order valence-corrected chi connectivity index (χ4v) is 2.38. The Labute approximate surface area is 148 Å². The van der Waals surface area contributed by atoms with Gasteiger partial charge in [0, 0.05) is 6.54 Å². The van der Waals surface area contributed by atoms with Crippen LogP contribution in [0.1, 0.15) is 28.4 Å². The van der Waals surface area contributed by atoms with E-state index < -0.39 is 12.1 Å². The van der Waals surface area contributed by atoms with Crippen LogP contribution in [0, 0.1) is 6.92 Å². The molecule has 2 aromatic carbocycles. The number of amides is 1. The van der Waals surface area contributed by atoms with E-state index in [0.29, 0.717) is 17.9 Å². The Morgan fingerprint density at radius 1 is 1.12 bits per heavy atom. The average Bonchev–Trinajstić information content (AvgIpc) is 2.62. The molecule has 0 saturated carbocycles. The van der Waals surface area contributed by atoms with E-state index in [4.69, 9.17) is 9.47 Å². The first-order chi connectivity index (χ1) is 12.0. The number of hydrogen-bond acceptors (Lipinski definition) is 4. The Kier molecular flexibility index (Phi) is 6.57. The predicted molar refractivity (Wildman–Crippen MR) is 95.8 cm³/mol. The molecule has 25 heavy (non-hydrogen) atoms. The second-order valence-electron chi connectivity index (χ2n) is 5.78. The molecule has 0 fully saturated rings. The van der Waals surface area contributed by atoms with E-state index in [1.165, 1.54) is 7.11 Å². The fraction of sp³-hybridized carbons (Fsp3) is 0.300. The summed E-state index contributed by atoms with van der Waals surface area (Å²) in [6.07, 6.45) is -0.160. The van der Waals surface area contributed by atoms with Gasteiger partial charge in [0.2, 0.25) is 0 Å². The van der Waals surface area contributed by atoms with Gasteiger partial charge >= 0.3 is 5.97 Å². The second-order valence-corrected chi connectivity index (χ2v) is 5.78. The first-order valence-electron chi connectivity index (χ1n) is 8.18. The van der Waals surface area contributed by atoms with Crippen LogP contribution in [-0.4, -0.2) is 31.6 Å². The summed E-state index contributed by atoms with van der Waals surface area (Å²) in [5.74, 6) is -0.477. The summed E-state index contributed by atoms with van der Waals surface area (Å²) >= 11 is 0. The summed E-state index contributed by atoms with van der Waals surface area (Å²) in [5.41, 5.74) is 2.36. The number of carbonyl (C=O) groups excluding carboxylic acids is 2. The van der Waals surface area contributed by atoms with E-state index in [1.54, 1.807) is 19.1 Å². The molecule has 5 nitrogen and oxygen atoms in total. The van der Waals surface area contributed by atoms with Crippen molar-refractivity contribution in [2.75, 3.05) is 13.7 Å². The lowest BCUT2D eigenvalue weighted by molar-refractivity contribution is -0.129. The van der Waals surface area contributed by atoms with Crippen LogP contribution in [0.25, 0.3) is 0 Å². The summed E-state index contributed by atoms with van der Waals surface area (Å²) in [6, 6.07) is 15.1. The van der Waals surface area contributed by atoms with Crippen molar-refractivity contribution in [3.05, 3.63) is 65.2 Å². The van der Waals surface area contributed by atoms with Gasteiger partial charge in [0.15, 0.2) is 6.10 Å². The highest BCUT2D eigenvalue weighted by Gasteiger charge is 2.21. The summed E-state index contributed by atoms with van der Waals surface area (Å²) in [6.45, 7) is 3.91. The van der Waals surface area contributed by atoms with Crippen molar-refractivity contribution in [3.8, 4) is 5.75 Å². The molecule has 5 heteroatoms. The maximum atomic E-state index is 12.3. The quantitative estimate of drug-likeness (QED) is 0.787. The van der Waals surface area contributed by atoms with Crippen molar-refractivity contribution in [1.82, 2.24) is 5.32 Å². The van der Waals surface area contributed by atoms with Gasteiger partial charge in [0.1, 0.15) is 11.3 Å². The van der Waals surface area contributed by atoms with Crippen LogP contribution in [0.15, 0.2) is 48.5 Å². The van der Waals surface area contributed by atoms with Gasteiger partial charge in [-0.05, 0) is 38.0 Å². The summed E-state index contributed by atoms with van der Waals surface area (Å²) < 4.78 is 10.4. The van der Waals surface area contributed by atoms with Crippen LogP contribution in [0.4, 0.5) is 0 Å². The summed E-state index contributed by atoms with van der Waals surface area (Å²) in [7, 11) is 1.49. The fourth-order valence-electron chi connectivity index (χ4n) is 2.38. The normalized spacial score (nSPS) is 11.5. The number of nitrogens with one attached hydrogen (secondary N) is 1. The lowest BCUT2D eigenvalue weighted by Gasteiger charge is -2.15. The molecule has 0 radical (unpaired) electrons. The third-order valence-electron chi connectivity index (χ3n) is 3.78. The zero-order chi connectivity index (χ0) is 18.2. The molecule has 1 N–H and O–H groups in total. The van der Waals surface area contributed by atoms with Crippen molar-refractivity contribution in [3.63, 3.8) is 0 Å². The standard InChI is InChI=1S/C20H23NO4/c1-14-9-10-18(24-3)17(13-14)20(23)25-15(2)19(22)21-12-11-16-7-5-4-6-8-16/h4-10,13,15H,11-12H2,1-3H3,(H,21,22)/t15-/m1/s1. The van der Waals surface area contributed by atoms with Gasteiger partial charge in [-0.3, -0.25) is 4.79 Å². The number of hydrogen-bond donors (Lipinski definition) is 1. The molecule has 1 amide bonds. The van der Waals surface area contributed by atoms with Gasteiger partial charge < -0.3 is 14.8 Å². The van der Waals surface area contributed by atoms with Gasteiger partial charge in [-0.1, -0.05) is 42.0 Å². The van der Waals surface area contributed by atoms with Gasteiger partial charge in [-0.15, -0.1) is 0 Å². The molecule has 1 atom stereocenters. The lowest BCUT2D eigenvalue weighted by Crippen LogP contribution is -2.37. The molecule has 0 spiro atoms. The largest absolute Gasteiger partial charge is 0.496 e. The molecule has 0 bridgehead atoms. The molecule has 2 aromatic rings. The van der Waals surface area contributed by atoms with Crippen LogP contribution in [-0.2, 0) is 16.0 Å². The van der Waals surface area contributed by atoms with E-state index in [9.17, 15) is 9.59 Å². The Balaban J connectivity index is 1.88. The molecule has 0 aliphatic rings. The van der Waals surface area contributed by atoms with Gasteiger partial charge in [-0.25, -0.2) is 4.79 Å². The average molecular weight is 341 g/mol. The summed E-state index contributed by atoms with van der Waals surface area (Å²) in [5, 5.41) is 2.78. The topological polar surface area (TPSA) is 64.6 Å². The highest BCUT2D eigenvalue weighted by atomic mass is 16.5. The molecular weight excluding hydrogens is 318 g/mol. The Hall–Kier alpha value is -2.82. The predicted octanol–water partition coefficient (Wildman–Crippen LogP) is 2.91. The van der Waals surface area contributed by atoms with Gasteiger partial charge in [-0.2, -0.15) is 0 Å². The Morgan fingerprint density at radius 3 is 2.52 bits per heavy atom. The number of methoxy groups -OCH3 is 1. The molecule has 0 aromatic heterocycles. The Morgan fingerprint density at radius 2 is 1.84 bits per heavy atom. The monoisotopic (exact) mass is 341 g/mol. The minimum Gasteiger partial charge on any atom is -0.496 e. The van der Waals surface area contributed by atoms with E-state index >= 15 is 0 Å². The van der Waals surface area contributed by atoms with E-state index in [1.807, 2.05) is 43.3 Å². The summed E-state index contributed by atoms with van der Waals surface area (Å²) in [4.78, 5) is 24.4. The molecule has 0 heterocycles. The number of benzene rings is 2. The maximum Gasteiger partial charge on any atom is 0.342 e. The minimum absolute atomic E-state index is 0.312. The molecular formula is C20H23NO4. The SMILES string of the molecule is COc1ccc(C)cc1C(=O)O[C@H](C)C(=O)NCCc1ccccc1. The smallest absolute Gasteiger partial charge is 0.342 e. The van der Waals surface area contributed by atoms with Crippen LogP contribution in [0.3, 0.4) is 0 Å². The van der Waals surface area contributed by atoms with Gasteiger partial charge in [0.05, 0.1) is 7.11 Å². The third kappa shape index (κ3) is 5.35. The Bertz CT molecular complexity index is 728. The highest BCUT2D eigenvalue weighted by Crippen LogP contribution is 2.21. The first-order valence-corrected chi connectivity index (χ1v) is 8.18. The molecule has 0 saturated heterocycles. The number of rotatable bonds is 7. The van der Waals surface area contributed by atoms with Crippen molar-refractivity contribution in [1.29, 1.82) is 0 Å². The molecule has 0 unspecified atom stereocenters. The van der Waals surface area contributed by atoms with Gasteiger partial charge in [0.25, 0.3) is 5.91 Å². The number of carbonyl (C=O) groups is 2. The van der Waals surface area contributed by atoms with E-state index in [0.717, 1.165) is 17.5 Å². The maximum absolute atomic E-state index is 12.3. The third-order valence-corrected chi connectivity index (χ3v) is 3.78. The number of ether oxygens (including phenoxy) is 2. The van der Waals surface area contributed by atoms with E-state index in [2.05, 4.69) is 5.32 Å². The van der Waals surface area contributed by atoms with Crippen molar-refractivity contribution in [2.24, 2.45) is 0 Å². The zero-order valence-corrected chi connectivity index (χ0v) is 14.7. The van der Waals surface area contributed by atoms with Crippen molar-refractivity contribution >= 4 is 11.9 Å². The molecule has 2 rings (SSSR count). The lowest BCUT2D eigenvalue weighted by atomic mass is 10.1. The second kappa shape index (κ2) is 8.87. The van der Waals surface area contributed by atoms with Crippen LogP contribution < -0.4 is 10.1 Å². The number of aryl methyl sites for hydroxylation is 1. The molecule has 0 aliphatic carbocycles. The van der Waals surface area contributed by atoms with Crippen molar-refractivity contribution < 1.29 is 19.1 Å². The van der Waals surface area contributed by atoms with E-state index in [-0.39, 0.29) is 5.91 Å². The molecule has 132 valence electrons. The zero-order valence-electron chi connectivity index (χ0n) is 14.7. The number of esters is 1. The highest BCUT2D eigenvalue weighted by molar-refractivity contribution is 5.94. The molecule has 0 aliphatic heterocycles. The van der Waals surface area contributed by atoms with Crippen LogP contribution in [0.2, 0.25) is 0 Å². The van der Waals surface area contributed by atoms with Crippen LogP contribution in [0.5, 0.6) is 5.75 Å². The van der Waals surface area contributed by atoms with Crippen molar-refractivity contribution in [2.45, 2.75) is 26.4 Å².